The number of para-hydroxylation sites is 1. The summed E-state index contributed by atoms with van der Waals surface area (Å²) in [5.74, 6) is 1.47. The maximum absolute atomic E-state index is 4.44. The van der Waals surface area contributed by atoms with Gasteiger partial charge in [0.1, 0.15) is 5.52 Å². The zero-order valence-corrected chi connectivity index (χ0v) is 9.22. The molecule has 1 aromatic carbocycles. The highest BCUT2D eigenvalue weighted by atomic mass is 15.2. The van der Waals surface area contributed by atoms with E-state index < -0.39 is 0 Å². The first-order valence-electron chi connectivity index (χ1n) is 5.67. The fourth-order valence-electron chi connectivity index (χ4n) is 2.14. The molecule has 3 rings (SSSR count). The number of fused-ring (bicyclic) bond motifs is 1. The molecule has 1 heterocycles. The molecule has 82 valence electrons. The lowest BCUT2D eigenvalue weighted by Gasteiger charge is -2.32. The highest BCUT2D eigenvalue weighted by Crippen LogP contribution is 2.28. The molecule has 0 radical (unpaired) electrons. The molecular formula is C12H14N4. The van der Waals surface area contributed by atoms with Crippen LogP contribution in [-0.2, 0) is 0 Å². The molecule has 1 aromatic heterocycles. The second-order valence-corrected chi connectivity index (χ2v) is 4.54. The van der Waals surface area contributed by atoms with Gasteiger partial charge in [-0.25, -0.2) is 4.98 Å². The van der Waals surface area contributed by atoms with Crippen LogP contribution in [0.25, 0.3) is 11.0 Å². The molecule has 0 unspecified atom stereocenters. The van der Waals surface area contributed by atoms with Gasteiger partial charge in [-0.1, -0.05) is 19.1 Å². The van der Waals surface area contributed by atoms with Crippen molar-refractivity contribution in [3.63, 3.8) is 0 Å². The lowest BCUT2D eigenvalue weighted by molar-refractivity contribution is 0.308. The first-order chi connectivity index (χ1) is 7.81. The average Bonchev–Trinajstić information content (AvgIpc) is 2.27. The summed E-state index contributed by atoms with van der Waals surface area (Å²) < 4.78 is 0. The van der Waals surface area contributed by atoms with Crippen LogP contribution in [0, 0.1) is 5.92 Å². The molecule has 0 spiro atoms. The summed E-state index contributed by atoms with van der Waals surface area (Å²) in [6.45, 7) is 2.26. The van der Waals surface area contributed by atoms with Crippen molar-refractivity contribution in [3.8, 4) is 0 Å². The molecule has 1 aliphatic carbocycles. The van der Waals surface area contributed by atoms with E-state index >= 15 is 0 Å². The summed E-state index contributed by atoms with van der Waals surface area (Å²) in [6.07, 6.45) is 2.41. The van der Waals surface area contributed by atoms with Gasteiger partial charge in [0.15, 0.2) is 0 Å². The third-order valence-corrected chi connectivity index (χ3v) is 3.07. The Balaban J connectivity index is 1.82. The second-order valence-electron chi connectivity index (χ2n) is 4.54. The summed E-state index contributed by atoms with van der Waals surface area (Å²) in [7, 11) is 0. The Kier molecular flexibility index (Phi) is 2.20. The van der Waals surface area contributed by atoms with E-state index in [4.69, 9.17) is 0 Å². The van der Waals surface area contributed by atoms with Gasteiger partial charge in [-0.3, -0.25) is 0 Å². The van der Waals surface area contributed by atoms with Gasteiger partial charge in [0, 0.05) is 6.04 Å². The molecule has 0 aliphatic heterocycles. The van der Waals surface area contributed by atoms with Crippen LogP contribution in [0.4, 0.5) is 5.95 Å². The van der Waals surface area contributed by atoms with E-state index in [0.717, 1.165) is 17.0 Å². The SMILES string of the molecule is CC1CC(Nc2nnc3ccccc3n2)C1. The third-order valence-electron chi connectivity index (χ3n) is 3.07. The zero-order valence-electron chi connectivity index (χ0n) is 9.22. The van der Waals surface area contributed by atoms with Crippen molar-refractivity contribution in [1.29, 1.82) is 0 Å². The molecule has 0 bridgehead atoms. The Hall–Kier alpha value is -1.71. The van der Waals surface area contributed by atoms with E-state index in [9.17, 15) is 0 Å². The Bertz CT molecular complexity index is 505. The van der Waals surface area contributed by atoms with Gasteiger partial charge in [-0.05, 0) is 30.9 Å². The van der Waals surface area contributed by atoms with E-state index in [1.54, 1.807) is 0 Å². The van der Waals surface area contributed by atoms with Crippen molar-refractivity contribution in [2.75, 3.05) is 5.32 Å². The van der Waals surface area contributed by atoms with Crippen molar-refractivity contribution in [2.45, 2.75) is 25.8 Å². The first kappa shape index (κ1) is 9.51. The van der Waals surface area contributed by atoms with E-state index in [1.165, 1.54) is 12.8 Å². The Morgan fingerprint density at radius 3 is 2.62 bits per heavy atom. The number of nitrogens with one attached hydrogen (secondary N) is 1. The van der Waals surface area contributed by atoms with Gasteiger partial charge in [-0.15, -0.1) is 10.2 Å². The Labute approximate surface area is 94.1 Å². The maximum Gasteiger partial charge on any atom is 0.243 e. The molecule has 1 fully saturated rings. The second kappa shape index (κ2) is 3.70. The zero-order chi connectivity index (χ0) is 11.0. The summed E-state index contributed by atoms with van der Waals surface area (Å²) in [4.78, 5) is 4.44. The van der Waals surface area contributed by atoms with Gasteiger partial charge in [0.25, 0.3) is 0 Å². The Morgan fingerprint density at radius 2 is 1.88 bits per heavy atom. The molecular weight excluding hydrogens is 200 g/mol. The molecule has 1 aliphatic rings. The predicted molar refractivity (Wildman–Crippen MR) is 63.1 cm³/mol. The number of rotatable bonds is 2. The number of hydrogen-bond donors (Lipinski definition) is 1. The molecule has 0 amide bonds. The predicted octanol–water partition coefficient (Wildman–Crippen LogP) is 2.24. The maximum atomic E-state index is 4.44. The van der Waals surface area contributed by atoms with Crippen molar-refractivity contribution in [3.05, 3.63) is 24.3 Å². The quantitative estimate of drug-likeness (QED) is 0.833. The molecule has 1 saturated carbocycles. The normalized spacial score (nSPS) is 24.1. The van der Waals surface area contributed by atoms with Crippen molar-refractivity contribution >= 4 is 17.0 Å². The van der Waals surface area contributed by atoms with Crippen LogP contribution in [0.15, 0.2) is 24.3 Å². The molecule has 4 heteroatoms. The van der Waals surface area contributed by atoms with Crippen molar-refractivity contribution < 1.29 is 0 Å². The van der Waals surface area contributed by atoms with Crippen LogP contribution in [0.5, 0.6) is 0 Å². The molecule has 0 atom stereocenters. The number of benzene rings is 1. The number of aromatic nitrogens is 3. The van der Waals surface area contributed by atoms with Gasteiger partial charge >= 0.3 is 0 Å². The van der Waals surface area contributed by atoms with Crippen LogP contribution in [0.2, 0.25) is 0 Å². The molecule has 1 N–H and O–H groups in total. The van der Waals surface area contributed by atoms with Crippen molar-refractivity contribution in [2.24, 2.45) is 5.92 Å². The van der Waals surface area contributed by atoms with Crippen LogP contribution in [0.3, 0.4) is 0 Å². The fraction of sp³-hybridized carbons (Fsp3) is 0.417. The van der Waals surface area contributed by atoms with Gasteiger partial charge < -0.3 is 5.32 Å². The number of hydrogen-bond acceptors (Lipinski definition) is 4. The van der Waals surface area contributed by atoms with Gasteiger partial charge in [0.2, 0.25) is 5.95 Å². The Morgan fingerprint density at radius 1 is 1.12 bits per heavy atom. The first-order valence-corrected chi connectivity index (χ1v) is 5.67. The summed E-state index contributed by atoms with van der Waals surface area (Å²) in [5.41, 5.74) is 1.74. The van der Waals surface area contributed by atoms with E-state index in [-0.39, 0.29) is 0 Å². The van der Waals surface area contributed by atoms with E-state index in [1.807, 2.05) is 24.3 Å². The molecule has 16 heavy (non-hydrogen) atoms. The monoisotopic (exact) mass is 214 g/mol. The standard InChI is InChI=1S/C12H14N4/c1-8-6-9(7-8)13-12-14-10-4-2-3-5-11(10)15-16-12/h2-5,8-9H,6-7H2,1H3,(H,13,14,16). The molecule has 2 aromatic rings. The van der Waals surface area contributed by atoms with Gasteiger partial charge in [-0.2, -0.15) is 0 Å². The van der Waals surface area contributed by atoms with Crippen LogP contribution < -0.4 is 5.32 Å². The van der Waals surface area contributed by atoms with E-state index in [0.29, 0.717) is 12.0 Å². The summed E-state index contributed by atoms with van der Waals surface area (Å²) in [6, 6.07) is 8.31. The lowest BCUT2D eigenvalue weighted by atomic mass is 9.82. The molecule has 4 nitrogen and oxygen atoms in total. The minimum atomic E-state index is 0.526. The third kappa shape index (κ3) is 1.71. The van der Waals surface area contributed by atoms with Crippen LogP contribution >= 0.6 is 0 Å². The largest absolute Gasteiger partial charge is 0.350 e. The summed E-state index contributed by atoms with van der Waals surface area (Å²) in [5, 5.41) is 11.5. The number of anilines is 1. The minimum absolute atomic E-state index is 0.526. The minimum Gasteiger partial charge on any atom is -0.350 e. The average molecular weight is 214 g/mol. The van der Waals surface area contributed by atoms with Crippen LogP contribution in [0.1, 0.15) is 19.8 Å². The molecule has 0 saturated heterocycles. The topological polar surface area (TPSA) is 50.7 Å². The smallest absolute Gasteiger partial charge is 0.243 e. The fourth-order valence-corrected chi connectivity index (χ4v) is 2.14. The highest BCUT2D eigenvalue weighted by Gasteiger charge is 2.25. The van der Waals surface area contributed by atoms with Crippen LogP contribution in [-0.4, -0.2) is 21.2 Å². The summed E-state index contributed by atoms with van der Waals surface area (Å²) >= 11 is 0. The van der Waals surface area contributed by atoms with Crippen molar-refractivity contribution in [1.82, 2.24) is 15.2 Å². The lowest BCUT2D eigenvalue weighted by Crippen LogP contribution is -2.34. The highest BCUT2D eigenvalue weighted by molar-refractivity contribution is 5.74. The van der Waals surface area contributed by atoms with Gasteiger partial charge in [0.05, 0.1) is 5.52 Å². The number of nitrogens with zero attached hydrogens (tertiary/aromatic N) is 3. The van der Waals surface area contributed by atoms with E-state index in [2.05, 4.69) is 27.4 Å².